The van der Waals surface area contributed by atoms with Gasteiger partial charge in [-0.2, -0.15) is 0 Å². The van der Waals surface area contributed by atoms with E-state index in [2.05, 4.69) is 26.8 Å². The highest BCUT2D eigenvalue weighted by atomic mass is 16.6. The molecule has 5 N–H and O–H groups in total. The zero-order valence-electron chi connectivity index (χ0n) is 11.7. The maximum Gasteiger partial charge on any atom is 0.208 e. The summed E-state index contributed by atoms with van der Waals surface area (Å²) in [6, 6.07) is 0. The average Bonchev–Trinajstić information content (AvgIpc) is 3.03. The third-order valence-corrected chi connectivity index (χ3v) is 3.48. The number of anilines is 1. The van der Waals surface area contributed by atoms with Crippen LogP contribution in [0.15, 0.2) is 6.33 Å². The van der Waals surface area contributed by atoms with Gasteiger partial charge in [-0.3, -0.25) is 4.57 Å². The van der Waals surface area contributed by atoms with Crippen LogP contribution in [0.5, 0.6) is 0 Å². The number of hydrogen-bond donors (Lipinski definition) is 4. The van der Waals surface area contributed by atoms with Crippen molar-refractivity contribution in [3.63, 3.8) is 0 Å². The van der Waals surface area contributed by atoms with E-state index >= 15 is 0 Å². The summed E-state index contributed by atoms with van der Waals surface area (Å²) in [4.78, 5) is 12.4. The average molecular weight is 305 g/mol. The molecule has 4 atom stereocenters. The van der Waals surface area contributed by atoms with Crippen LogP contribution in [0.2, 0.25) is 0 Å². The second kappa shape index (κ2) is 5.51. The molecule has 0 amide bonds. The number of aromatic nitrogens is 4. The standard InChI is InChI=1S/C13H15N5O4/c1-2-3-7-16-11(14)8-12(17-7)18(5-15-8)13-10(21)9(20)6(4-19)22-13/h5-6,9-10,13,19-21H,4H2,1H3,(H2,14,16,17). The van der Waals surface area contributed by atoms with Gasteiger partial charge in [-0.05, 0) is 12.8 Å². The summed E-state index contributed by atoms with van der Waals surface area (Å²) in [6.45, 7) is 1.23. The molecule has 0 saturated carbocycles. The van der Waals surface area contributed by atoms with Crippen molar-refractivity contribution in [1.82, 2.24) is 19.5 Å². The molecular weight excluding hydrogens is 290 g/mol. The van der Waals surface area contributed by atoms with E-state index in [9.17, 15) is 10.2 Å². The molecule has 22 heavy (non-hydrogen) atoms. The second-order valence-electron chi connectivity index (χ2n) is 4.86. The van der Waals surface area contributed by atoms with Crippen molar-refractivity contribution in [3.05, 3.63) is 12.2 Å². The van der Waals surface area contributed by atoms with E-state index in [0.717, 1.165) is 0 Å². The zero-order valence-corrected chi connectivity index (χ0v) is 11.7. The lowest BCUT2D eigenvalue weighted by molar-refractivity contribution is -0.0511. The quantitative estimate of drug-likeness (QED) is 0.486. The lowest BCUT2D eigenvalue weighted by atomic mass is 10.1. The number of aliphatic hydroxyl groups is 3. The van der Waals surface area contributed by atoms with Gasteiger partial charge in [0.15, 0.2) is 17.7 Å². The molecule has 116 valence electrons. The lowest BCUT2D eigenvalue weighted by Gasteiger charge is -2.16. The van der Waals surface area contributed by atoms with Gasteiger partial charge in [0.2, 0.25) is 5.82 Å². The van der Waals surface area contributed by atoms with Crippen LogP contribution >= 0.6 is 0 Å². The number of aliphatic hydroxyl groups excluding tert-OH is 3. The number of imidazole rings is 1. The molecular formula is C13H15N5O4. The van der Waals surface area contributed by atoms with Crippen molar-refractivity contribution in [3.8, 4) is 11.8 Å². The minimum absolute atomic E-state index is 0.160. The van der Waals surface area contributed by atoms with Crippen molar-refractivity contribution in [2.24, 2.45) is 0 Å². The molecule has 2 aromatic heterocycles. The molecule has 3 rings (SSSR count). The van der Waals surface area contributed by atoms with E-state index in [1.807, 2.05) is 0 Å². The number of rotatable bonds is 2. The summed E-state index contributed by atoms with van der Waals surface area (Å²) < 4.78 is 6.91. The molecule has 3 heterocycles. The summed E-state index contributed by atoms with van der Waals surface area (Å²) in [6.07, 6.45) is -2.87. The van der Waals surface area contributed by atoms with Crippen molar-refractivity contribution in [1.29, 1.82) is 0 Å². The van der Waals surface area contributed by atoms with Crippen LogP contribution in [0.3, 0.4) is 0 Å². The summed E-state index contributed by atoms with van der Waals surface area (Å²) in [5.41, 5.74) is 6.51. The number of ether oxygens (including phenoxy) is 1. The summed E-state index contributed by atoms with van der Waals surface area (Å²) in [5, 5.41) is 29.1. The highest BCUT2D eigenvalue weighted by Gasteiger charge is 2.44. The van der Waals surface area contributed by atoms with Gasteiger partial charge in [0, 0.05) is 0 Å². The largest absolute Gasteiger partial charge is 0.394 e. The number of nitrogens with two attached hydrogens (primary N) is 1. The van der Waals surface area contributed by atoms with Crippen molar-refractivity contribution in [2.45, 2.75) is 31.5 Å². The minimum Gasteiger partial charge on any atom is -0.394 e. The molecule has 0 aliphatic carbocycles. The monoisotopic (exact) mass is 305 g/mol. The fraction of sp³-hybridized carbons (Fsp3) is 0.462. The Labute approximate surface area is 125 Å². The summed E-state index contributed by atoms with van der Waals surface area (Å²) in [7, 11) is 0. The number of fused-ring (bicyclic) bond motifs is 1. The Balaban J connectivity index is 2.09. The van der Waals surface area contributed by atoms with Gasteiger partial charge in [0.25, 0.3) is 0 Å². The smallest absolute Gasteiger partial charge is 0.208 e. The Morgan fingerprint density at radius 3 is 2.77 bits per heavy atom. The maximum absolute atomic E-state index is 10.1. The van der Waals surface area contributed by atoms with Crippen LogP contribution in [-0.2, 0) is 4.74 Å². The predicted octanol–water partition coefficient (Wildman–Crippen LogP) is -1.61. The molecule has 0 aromatic carbocycles. The SMILES string of the molecule is CC#Cc1nc(N)c2ncn(C3OC(CO)C(O)C3O)c2n1. The Bertz CT molecular complexity index is 765. The van der Waals surface area contributed by atoms with Crippen LogP contribution in [0.25, 0.3) is 11.2 Å². The van der Waals surface area contributed by atoms with E-state index in [0.29, 0.717) is 11.2 Å². The number of nitrogen functional groups attached to an aromatic ring is 1. The van der Waals surface area contributed by atoms with Crippen LogP contribution in [0, 0.1) is 11.8 Å². The first-order valence-corrected chi connectivity index (χ1v) is 6.62. The normalized spacial score (nSPS) is 27.8. The van der Waals surface area contributed by atoms with Gasteiger partial charge in [-0.15, -0.1) is 0 Å². The predicted molar refractivity (Wildman–Crippen MR) is 75.3 cm³/mol. The van der Waals surface area contributed by atoms with E-state index in [-0.39, 0.29) is 11.6 Å². The highest BCUT2D eigenvalue weighted by molar-refractivity contribution is 5.82. The third kappa shape index (κ3) is 2.18. The molecule has 1 aliphatic heterocycles. The van der Waals surface area contributed by atoms with E-state index in [1.54, 1.807) is 6.92 Å². The molecule has 1 saturated heterocycles. The fourth-order valence-electron chi connectivity index (χ4n) is 2.40. The van der Waals surface area contributed by atoms with Crippen LogP contribution in [-0.4, -0.2) is 59.8 Å². The molecule has 0 bridgehead atoms. The topological polar surface area (TPSA) is 140 Å². The molecule has 4 unspecified atom stereocenters. The Hall–Kier alpha value is -2.25. The molecule has 9 nitrogen and oxygen atoms in total. The van der Waals surface area contributed by atoms with E-state index < -0.39 is 31.1 Å². The number of hydrogen-bond acceptors (Lipinski definition) is 8. The fourth-order valence-corrected chi connectivity index (χ4v) is 2.40. The molecule has 0 spiro atoms. The molecule has 0 radical (unpaired) electrons. The van der Waals surface area contributed by atoms with Crippen LogP contribution in [0.1, 0.15) is 19.0 Å². The van der Waals surface area contributed by atoms with Crippen molar-refractivity contribution >= 4 is 17.0 Å². The van der Waals surface area contributed by atoms with Gasteiger partial charge < -0.3 is 25.8 Å². The van der Waals surface area contributed by atoms with Gasteiger partial charge in [0.05, 0.1) is 12.9 Å². The van der Waals surface area contributed by atoms with Gasteiger partial charge in [-0.25, -0.2) is 15.0 Å². The lowest BCUT2D eigenvalue weighted by Crippen LogP contribution is -2.33. The summed E-state index contributed by atoms with van der Waals surface area (Å²) >= 11 is 0. The second-order valence-corrected chi connectivity index (χ2v) is 4.86. The van der Waals surface area contributed by atoms with Gasteiger partial charge >= 0.3 is 0 Å². The first kappa shape index (κ1) is 14.7. The minimum atomic E-state index is -1.23. The molecule has 1 fully saturated rings. The van der Waals surface area contributed by atoms with Crippen molar-refractivity contribution in [2.75, 3.05) is 12.3 Å². The first-order chi connectivity index (χ1) is 10.6. The van der Waals surface area contributed by atoms with Crippen molar-refractivity contribution < 1.29 is 20.1 Å². The van der Waals surface area contributed by atoms with Gasteiger partial charge in [-0.1, -0.05) is 5.92 Å². The maximum atomic E-state index is 10.1. The van der Waals surface area contributed by atoms with Crippen LogP contribution in [0.4, 0.5) is 5.82 Å². The Morgan fingerprint density at radius 1 is 1.36 bits per heavy atom. The number of nitrogens with zero attached hydrogens (tertiary/aromatic N) is 4. The van der Waals surface area contributed by atoms with E-state index in [4.69, 9.17) is 15.6 Å². The highest BCUT2D eigenvalue weighted by Crippen LogP contribution is 2.31. The Morgan fingerprint density at radius 2 is 2.14 bits per heavy atom. The van der Waals surface area contributed by atoms with Crippen LogP contribution < -0.4 is 5.73 Å². The zero-order chi connectivity index (χ0) is 15.9. The Kier molecular flexibility index (Phi) is 3.67. The van der Waals surface area contributed by atoms with E-state index in [1.165, 1.54) is 10.9 Å². The summed E-state index contributed by atoms with van der Waals surface area (Å²) in [5.74, 6) is 5.76. The molecule has 9 heteroatoms. The third-order valence-electron chi connectivity index (χ3n) is 3.48. The van der Waals surface area contributed by atoms with Gasteiger partial charge in [0.1, 0.15) is 23.8 Å². The molecule has 1 aliphatic rings. The molecule has 2 aromatic rings. The first-order valence-electron chi connectivity index (χ1n) is 6.62.